The van der Waals surface area contributed by atoms with E-state index in [1.165, 1.54) is 11.1 Å². The van der Waals surface area contributed by atoms with Crippen molar-refractivity contribution in [2.45, 2.75) is 33.7 Å². The summed E-state index contributed by atoms with van der Waals surface area (Å²) in [6.07, 6.45) is 0. The van der Waals surface area contributed by atoms with Gasteiger partial charge in [0.15, 0.2) is 6.61 Å². The molecule has 1 atom stereocenters. The van der Waals surface area contributed by atoms with Crippen LogP contribution in [0.5, 0.6) is 0 Å². The molecule has 1 N–H and O–H groups in total. The summed E-state index contributed by atoms with van der Waals surface area (Å²) in [5.74, 6) is -0.811. The molecule has 0 saturated heterocycles. The topological polar surface area (TPSA) is 55.4 Å². The third-order valence-electron chi connectivity index (χ3n) is 4.00. The van der Waals surface area contributed by atoms with Crippen molar-refractivity contribution in [3.8, 4) is 0 Å². The van der Waals surface area contributed by atoms with Gasteiger partial charge in [0, 0.05) is 0 Å². The Kier molecular flexibility index (Phi) is 5.74. The smallest absolute Gasteiger partial charge is 0.338 e. The third kappa shape index (κ3) is 4.69. The second-order valence-electron chi connectivity index (χ2n) is 6.08. The number of nitrogens with one attached hydrogen (secondary N) is 1. The largest absolute Gasteiger partial charge is 0.452 e. The van der Waals surface area contributed by atoms with Crippen molar-refractivity contribution in [1.29, 1.82) is 0 Å². The summed E-state index contributed by atoms with van der Waals surface area (Å²) < 4.78 is 5.07. The van der Waals surface area contributed by atoms with E-state index < -0.39 is 5.97 Å². The van der Waals surface area contributed by atoms with E-state index in [0.717, 1.165) is 11.1 Å². The first-order valence-electron chi connectivity index (χ1n) is 7.97. The number of carbonyl (C=O) groups is 2. The van der Waals surface area contributed by atoms with Crippen LogP contribution in [0.15, 0.2) is 42.5 Å². The molecule has 2 aromatic carbocycles. The van der Waals surface area contributed by atoms with Gasteiger partial charge in [-0.15, -0.1) is 0 Å². The van der Waals surface area contributed by atoms with Crippen molar-refractivity contribution in [3.05, 3.63) is 70.3 Å². The Balaban J connectivity index is 1.88. The molecule has 0 radical (unpaired) electrons. The van der Waals surface area contributed by atoms with Crippen LogP contribution in [0.4, 0.5) is 0 Å². The molecular weight excluding hydrogens is 302 g/mol. The van der Waals surface area contributed by atoms with Crippen molar-refractivity contribution in [2.75, 3.05) is 6.61 Å². The molecule has 2 aromatic rings. The summed E-state index contributed by atoms with van der Waals surface area (Å²) in [6.45, 7) is 7.60. The number of benzene rings is 2. The minimum Gasteiger partial charge on any atom is -0.452 e. The first kappa shape index (κ1) is 17.7. The molecule has 0 heterocycles. The lowest BCUT2D eigenvalue weighted by atomic mass is 10.0. The molecule has 0 saturated carbocycles. The number of esters is 1. The van der Waals surface area contributed by atoms with Gasteiger partial charge in [0.05, 0.1) is 11.6 Å². The Morgan fingerprint density at radius 1 is 1.04 bits per heavy atom. The van der Waals surface area contributed by atoms with E-state index in [9.17, 15) is 9.59 Å². The predicted octanol–water partition coefficient (Wildman–Crippen LogP) is 3.65. The summed E-state index contributed by atoms with van der Waals surface area (Å²) in [5, 5.41) is 2.84. The summed E-state index contributed by atoms with van der Waals surface area (Å²) in [4.78, 5) is 23.9. The minimum atomic E-state index is -0.493. The quantitative estimate of drug-likeness (QED) is 0.854. The average molecular weight is 325 g/mol. The number of ether oxygens (including phenoxy) is 1. The fourth-order valence-electron chi connectivity index (χ4n) is 2.39. The van der Waals surface area contributed by atoms with E-state index in [4.69, 9.17) is 4.74 Å². The van der Waals surface area contributed by atoms with Gasteiger partial charge in [-0.2, -0.15) is 0 Å². The number of hydrogen-bond acceptors (Lipinski definition) is 3. The van der Waals surface area contributed by atoms with Gasteiger partial charge in [-0.1, -0.05) is 35.9 Å². The van der Waals surface area contributed by atoms with Gasteiger partial charge in [-0.3, -0.25) is 4.79 Å². The molecule has 2 rings (SSSR count). The van der Waals surface area contributed by atoms with Crippen molar-refractivity contribution in [2.24, 2.45) is 0 Å². The minimum absolute atomic E-state index is 0.144. The lowest BCUT2D eigenvalue weighted by Crippen LogP contribution is -2.31. The highest BCUT2D eigenvalue weighted by Gasteiger charge is 2.13. The van der Waals surface area contributed by atoms with Gasteiger partial charge in [0.1, 0.15) is 0 Å². The van der Waals surface area contributed by atoms with E-state index in [1.807, 2.05) is 45.9 Å². The van der Waals surface area contributed by atoms with Gasteiger partial charge >= 0.3 is 5.97 Å². The maximum atomic E-state index is 12.0. The lowest BCUT2D eigenvalue weighted by molar-refractivity contribution is -0.124. The zero-order valence-corrected chi connectivity index (χ0v) is 14.6. The monoisotopic (exact) mass is 325 g/mol. The highest BCUT2D eigenvalue weighted by atomic mass is 16.5. The zero-order valence-electron chi connectivity index (χ0n) is 14.6. The highest BCUT2D eigenvalue weighted by molar-refractivity contribution is 5.91. The molecule has 0 spiro atoms. The molecule has 24 heavy (non-hydrogen) atoms. The van der Waals surface area contributed by atoms with E-state index in [1.54, 1.807) is 18.2 Å². The van der Waals surface area contributed by atoms with Crippen LogP contribution < -0.4 is 5.32 Å². The first-order valence-corrected chi connectivity index (χ1v) is 7.97. The van der Waals surface area contributed by atoms with Gasteiger partial charge in [0.25, 0.3) is 5.91 Å². The Hall–Kier alpha value is -2.62. The van der Waals surface area contributed by atoms with Crippen LogP contribution in [0.3, 0.4) is 0 Å². The third-order valence-corrected chi connectivity index (χ3v) is 4.00. The Morgan fingerprint density at radius 2 is 1.79 bits per heavy atom. The standard InChI is InChI=1S/C20H23NO3/c1-13-6-5-7-18(10-13)20(23)24-12-19(22)21-16(4)17-9-8-14(2)15(3)11-17/h5-11,16H,12H2,1-4H3,(H,21,22)/t16-/m1/s1. The molecule has 0 aliphatic rings. The van der Waals surface area contributed by atoms with Crippen LogP contribution in [0.2, 0.25) is 0 Å². The van der Waals surface area contributed by atoms with Crippen LogP contribution in [-0.2, 0) is 9.53 Å². The van der Waals surface area contributed by atoms with Crippen LogP contribution in [-0.4, -0.2) is 18.5 Å². The molecule has 0 aromatic heterocycles. The maximum absolute atomic E-state index is 12.0. The summed E-state index contributed by atoms with van der Waals surface area (Å²) in [6, 6.07) is 13.0. The van der Waals surface area contributed by atoms with Crippen LogP contribution in [0.1, 0.15) is 45.6 Å². The molecule has 126 valence electrons. The van der Waals surface area contributed by atoms with E-state index in [0.29, 0.717) is 5.56 Å². The summed E-state index contributed by atoms with van der Waals surface area (Å²) in [7, 11) is 0. The SMILES string of the molecule is Cc1cccc(C(=O)OCC(=O)N[C@H](C)c2ccc(C)c(C)c2)c1. The molecule has 0 unspecified atom stereocenters. The highest BCUT2D eigenvalue weighted by Crippen LogP contribution is 2.16. The molecule has 0 fully saturated rings. The summed E-state index contributed by atoms with van der Waals surface area (Å²) >= 11 is 0. The lowest BCUT2D eigenvalue weighted by Gasteiger charge is -2.15. The Labute approximate surface area is 142 Å². The number of aryl methyl sites for hydroxylation is 3. The van der Waals surface area contributed by atoms with Crippen LogP contribution in [0.25, 0.3) is 0 Å². The fraction of sp³-hybridized carbons (Fsp3) is 0.300. The van der Waals surface area contributed by atoms with Gasteiger partial charge in [-0.05, 0) is 56.5 Å². The van der Waals surface area contributed by atoms with Crippen LogP contribution in [0, 0.1) is 20.8 Å². The summed E-state index contributed by atoms with van der Waals surface area (Å²) in [5.41, 5.74) is 4.84. The molecular formula is C20H23NO3. The van der Waals surface area contributed by atoms with E-state index in [2.05, 4.69) is 11.4 Å². The fourth-order valence-corrected chi connectivity index (χ4v) is 2.39. The molecule has 0 bridgehead atoms. The van der Waals surface area contributed by atoms with Gasteiger partial charge in [-0.25, -0.2) is 4.79 Å². The Morgan fingerprint density at radius 3 is 2.46 bits per heavy atom. The van der Waals surface area contributed by atoms with Gasteiger partial charge < -0.3 is 10.1 Å². The zero-order chi connectivity index (χ0) is 17.7. The van der Waals surface area contributed by atoms with E-state index >= 15 is 0 Å². The van der Waals surface area contributed by atoms with Crippen molar-refractivity contribution in [3.63, 3.8) is 0 Å². The first-order chi connectivity index (χ1) is 11.4. The van der Waals surface area contributed by atoms with Gasteiger partial charge in [0.2, 0.25) is 0 Å². The molecule has 0 aliphatic carbocycles. The van der Waals surface area contributed by atoms with E-state index in [-0.39, 0.29) is 18.6 Å². The van der Waals surface area contributed by atoms with Crippen molar-refractivity contribution >= 4 is 11.9 Å². The molecule has 4 nitrogen and oxygen atoms in total. The molecule has 0 aliphatic heterocycles. The van der Waals surface area contributed by atoms with Crippen molar-refractivity contribution in [1.82, 2.24) is 5.32 Å². The molecule has 4 heteroatoms. The number of rotatable bonds is 5. The number of carbonyl (C=O) groups excluding carboxylic acids is 2. The number of hydrogen-bond donors (Lipinski definition) is 1. The van der Waals surface area contributed by atoms with Crippen LogP contribution >= 0.6 is 0 Å². The maximum Gasteiger partial charge on any atom is 0.338 e. The second-order valence-corrected chi connectivity index (χ2v) is 6.08. The average Bonchev–Trinajstić information content (AvgIpc) is 2.55. The Bertz CT molecular complexity index is 752. The predicted molar refractivity (Wildman–Crippen MR) is 93.9 cm³/mol. The second kappa shape index (κ2) is 7.77. The number of amides is 1. The van der Waals surface area contributed by atoms with Crippen molar-refractivity contribution < 1.29 is 14.3 Å². The normalized spacial score (nSPS) is 11.7. The molecule has 1 amide bonds.